The monoisotopic (exact) mass is 306 g/mol. The highest BCUT2D eigenvalue weighted by Gasteiger charge is 2.11. The van der Waals surface area contributed by atoms with Gasteiger partial charge in [-0.1, -0.05) is 12.1 Å². The third-order valence-electron chi connectivity index (χ3n) is 2.61. The fraction of sp³-hybridized carbons (Fsp3) is 0.231. The molecule has 22 heavy (non-hydrogen) atoms. The molecule has 0 atom stereocenters. The zero-order valence-electron chi connectivity index (χ0n) is 12.1. The minimum atomic E-state index is -0.525. The van der Waals surface area contributed by atoms with Gasteiger partial charge < -0.3 is 10.2 Å². The van der Waals surface area contributed by atoms with Crippen LogP contribution in [0.5, 0.6) is 0 Å². The van der Waals surface area contributed by atoms with Crippen molar-refractivity contribution in [2.45, 2.75) is 6.54 Å². The maximum atomic E-state index is 13.4. The van der Waals surface area contributed by atoms with Gasteiger partial charge in [0.05, 0.1) is 11.9 Å². The molecule has 1 heterocycles. The van der Waals surface area contributed by atoms with Crippen LogP contribution in [0.15, 0.2) is 30.5 Å². The number of carbonyl (C=O) groups excluding carboxylic acids is 2. The predicted octanol–water partition coefficient (Wildman–Crippen LogP) is 1.15. The zero-order valence-corrected chi connectivity index (χ0v) is 12.1. The summed E-state index contributed by atoms with van der Waals surface area (Å²) in [4.78, 5) is 25.7. The molecule has 1 aromatic heterocycles. The molecule has 116 valence electrons. The van der Waals surface area contributed by atoms with Crippen molar-refractivity contribution in [1.82, 2.24) is 19.9 Å². The Kier molecular flexibility index (Phi) is 4.66. The Hall–Kier alpha value is -2.97. The second-order valence-corrected chi connectivity index (χ2v) is 4.61. The number of nitrogens with one attached hydrogen (secondary N) is 2. The Labute approximate surface area is 125 Å². The number of carbonyl (C=O) groups is 2. The van der Waals surface area contributed by atoms with Crippen LogP contribution in [-0.2, 0) is 11.3 Å². The lowest BCUT2D eigenvalue weighted by molar-refractivity contribution is -0.117. The van der Waals surface area contributed by atoms with Crippen LogP contribution in [0, 0.1) is 5.82 Å². The van der Waals surface area contributed by atoms with E-state index >= 15 is 0 Å². The van der Waals surface area contributed by atoms with E-state index in [0.717, 1.165) is 4.80 Å². The lowest BCUT2D eigenvalue weighted by Crippen LogP contribution is -2.27. The lowest BCUT2D eigenvalue weighted by atomic mass is 10.3. The molecule has 0 fully saturated rings. The Morgan fingerprint density at radius 1 is 1.27 bits per heavy atom. The highest BCUT2D eigenvalue weighted by atomic mass is 19.1. The van der Waals surface area contributed by atoms with Gasteiger partial charge in [-0.2, -0.15) is 9.90 Å². The van der Waals surface area contributed by atoms with E-state index in [4.69, 9.17) is 0 Å². The number of amides is 3. The molecule has 0 aliphatic heterocycles. The number of halogens is 1. The topological polar surface area (TPSA) is 92.2 Å². The quantitative estimate of drug-likeness (QED) is 0.886. The second kappa shape index (κ2) is 6.66. The molecule has 2 N–H and O–H groups in total. The molecule has 0 unspecified atom stereocenters. The van der Waals surface area contributed by atoms with Crippen LogP contribution in [0.25, 0.3) is 0 Å². The summed E-state index contributed by atoms with van der Waals surface area (Å²) >= 11 is 0. The number of aromatic nitrogens is 3. The maximum absolute atomic E-state index is 13.4. The van der Waals surface area contributed by atoms with Gasteiger partial charge in [0, 0.05) is 14.1 Å². The number of nitrogens with zero attached hydrogens (tertiary/aromatic N) is 4. The van der Waals surface area contributed by atoms with Gasteiger partial charge in [-0.25, -0.2) is 9.18 Å². The van der Waals surface area contributed by atoms with E-state index in [2.05, 4.69) is 20.8 Å². The summed E-state index contributed by atoms with van der Waals surface area (Å²) in [6, 6.07) is 5.48. The molecule has 0 spiro atoms. The van der Waals surface area contributed by atoms with Gasteiger partial charge in [0.25, 0.3) is 0 Å². The molecule has 0 saturated heterocycles. The van der Waals surface area contributed by atoms with Gasteiger partial charge >= 0.3 is 6.03 Å². The van der Waals surface area contributed by atoms with Crippen LogP contribution < -0.4 is 10.6 Å². The smallest absolute Gasteiger partial charge is 0.322 e. The maximum Gasteiger partial charge on any atom is 0.322 e. The molecule has 0 aliphatic carbocycles. The number of benzene rings is 1. The summed E-state index contributed by atoms with van der Waals surface area (Å²) in [6.45, 7) is -0.202. The lowest BCUT2D eigenvalue weighted by Gasteiger charge is -2.09. The number of hydrogen-bond acceptors (Lipinski definition) is 4. The van der Waals surface area contributed by atoms with E-state index in [1.54, 1.807) is 20.2 Å². The van der Waals surface area contributed by atoms with Gasteiger partial charge in [0.1, 0.15) is 12.4 Å². The fourth-order valence-corrected chi connectivity index (χ4v) is 1.53. The first kappa shape index (κ1) is 15.4. The molecular formula is C13H15FN6O2. The standard InChI is InChI=1S/C13H15FN6O2/c1-19(2)13(22)17-11-7-15-20(18-11)8-12(21)16-10-6-4-3-5-9(10)14/h3-7H,8H2,1-2H3,(H,16,21)(H,17,18,22). The van der Waals surface area contributed by atoms with Gasteiger partial charge in [-0.3, -0.25) is 10.1 Å². The number of rotatable bonds is 4. The van der Waals surface area contributed by atoms with Gasteiger partial charge in [-0.05, 0) is 12.1 Å². The molecule has 9 heteroatoms. The van der Waals surface area contributed by atoms with Gasteiger partial charge in [-0.15, -0.1) is 5.10 Å². The highest BCUT2D eigenvalue weighted by Crippen LogP contribution is 2.12. The molecule has 0 bridgehead atoms. The largest absolute Gasteiger partial charge is 0.331 e. The summed E-state index contributed by atoms with van der Waals surface area (Å²) in [5, 5.41) is 12.7. The van der Waals surface area contributed by atoms with Crippen molar-refractivity contribution in [3.8, 4) is 0 Å². The molecule has 0 aliphatic rings. The summed E-state index contributed by atoms with van der Waals surface area (Å²) < 4.78 is 13.4. The minimum absolute atomic E-state index is 0.0841. The van der Waals surface area contributed by atoms with Gasteiger partial charge in [0.2, 0.25) is 5.91 Å². The zero-order chi connectivity index (χ0) is 16.1. The molecule has 3 amide bonds. The van der Waals surface area contributed by atoms with Crippen LogP contribution in [0.3, 0.4) is 0 Å². The normalized spacial score (nSPS) is 10.1. The van der Waals surface area contributed by atoms with Crippen molar-refractivity contribution in [2.75, 3.05) is 24.7 Å². The predicted molar refractivity (Wildman–Crippen MR) is 77.8 cm³/mol. The minimum Gasteiger partial charge on any atom is -0.331 e. The van der Waals surface area contributed by atoms with Crippen molar-refractivity contribution in [3.05, 3.63) is 36.3 Å². The molecule has 8 nitrogen and oxygen atoms in total. The van der Waals surface area contributed by atoms with Crippen LogP contribution in [-0.4, -0.2) is 45.9 Å². The summed E-state index contributed by atoms with van der Waals surface area (Å²) in [7, 11) is 3.17. The average Bonchev–Trinajstić information content (AvgIpc) is 2.88. The van der Waals surface area contributed by atoms with E-state index in [-0.39, 0.29) is 24.1 Å². The number of anilines is 2. The molecule has 1 aromatic carbocycles. The molecule has 0 radical (unpaired) electrons. The van der Waals surface area contributed by atoms with Crippen LogP contribution in [0.4, 0.5) is 20.7 Å². The number of hydrogen-bond donors (Lipinski definition) is 2. The summed E-state index contributed by atoms with van der Waals surface area (Å²) in [6.07, 6.45) is 1.32. The van der Waals surface area contributed by atoms with Crippen molar-refractivity contribution in [2.24, 2.45) is 0 Å². The van der Waals surface area contributed by atoms with E-state index < -0.39 is 11.7 Å². The van der Waals surface area contributed by atoms with Crippen molar-refractivity contribution < 1.29 is 14.0 Å². The number of para-hydroxylation sites is 1. The molecule has 2 rings (SSSR count). The SMILES string of the molecule is CN(C)C(=O)Nc1cnn(CC(=O)Nc2ccccc2F)n1. The molecule has 2 aromatic rings. The summed E-state index contributed by atoms with van der Waals surface area (Å²) in [5.74, 6) is -0.785. The third-order valence-corrected chi connectivity index (χ3v) is 2.61. The van der Waals surface area contributed by atoms with E-state index in [1.165, 1.54) is 29.3 Å². The summed E-state index contributed by atoms with van der Waals surface area (Å²) in [5.41, 5.74) is 0.0841. The Morgan fingerprint density at radius 3 is 2.68 bits per heavy atom. The first-order valence-corrected chi connectivity index (χ1v) is 6.38. The van der Waals surface area contributed by atoms with E-state index in [1.807, 2.05) is 0 Å². The third kappa shape index (κ3) is 4.01. The second-order valence-electron chi connectivity index (χ2n) is 4.61. The fourth-order valence-electron chi connectivity index (χ4n) is 1.53. The van der Waals surface area contributed by atoms with Crippen LogP contribution in [0.2, 0.25) is 0 Å². The van der Waals surface area contributed by atoms with E-state index in [9.17, 15) is 14.0 Å². The van der Waals surface area contributed by atoms with Crippen molar-refractivity contribution in [1.29, 1.82) is 0 Å². The van der Waals surface area contributed by atoms with Crippen LogP contribution in [0.1, 0.15) is 0 Å². The first-order chi connectivity index (χ1) is 10.5. The molecule has 0 saturated carbocycles. The molecular weight excluding hydrogens is 291 g/mol. The van der Waals surface area contributed by atoms with Crippen molar-refractivity contribution >= 4 is 23.4 Å². The Morgan fingerprint density at radius 2 is 2.00 bits per heavy atom. The Bertz CT molecular complexity index is 685. The van der Waals surface area contributed by atoms with Crippen LogP contribution >= 0.6 is 0 Å². The first-order valence-electron chi connectivity index (χ1n) is 6.38. The van der Waals surface area contributed by atoms with Gasteiger partial charge in [0.15, 0.2) is 5.82 Å². The highest BCUT2D eigenvalue weighted by molar-refractivity contribution is 5.90. The van der Waals surface area contributed by atoms with Crippen molar-refractivity contribution in [3.63, 3.8) is 0 Å². The number of urea groups is 1. The Balaban J connectivity index is 1.94. The average molecular weight is 306 g/mol. The van der Waals surface area contributed by atoms with E-state index in [0.29, 0.717) is 0 Å².